The fourth-order valence-electron chi connectivity index (χ4n) is 8.27. The number of carbonyl (C=O) groups excluding carboxylic acids is 2. The highest BCUT2D eigenvalue weighted by Gasteiger charge is 2.52. The number of aliphatic hydroxyl groups excluding tert-OH is 2. The van der Waals surface area contributed by atoms with E-state index in [0.29, 0.717) is 12.0 Å². The number of nitrogens with zero attached hydrogens (tertiary/aromatic N) is 1. The summed E-state index contributed by atoms with van der Waals surface area (Å²) in [5, 5.41) is 34.0. The molecule has 0 bridgehead atoms. The number of Topliss-reactive ketones (excluding diaryl/α,β-unsaturated/α-hetero) is 1. The first-order chi connectivity index (χ1) is 23.5. The summed E-state index contributed by atoms with van der Waals surface area (Å²) in [6, 6.07) is -0.260. The number of ether oxygens (including phenoxy) is 7. The Balaban J connectivity index is 2.22. The van der Waals surface area contributed by atoms with Gasteiger partial charge >= 0.3 is 5.97 Å². The Labute approximate surface area is 305 Å². The lowest BCUT2D eigenvalue weighted by Gasteiger charge is -2.49. The van der Waals surface area contributed by atoms with Crippen molar-refractivity contribution in [1.29, 1.82) is 0 Å². The van der Waals surface area contributed by atoms with Crippen LogP contribution in [0.5, 0.6) is 0 Å². The summed E-state index contributed by atoms with van der Waals surface area (Å²) in [4.78, 5) is 29.9. The topological polar surface area (TPSA) is 163 Å². The van der Waals surface area contributed by atoms with Crippen LogP contribution in [0.2, 0.25) is 0 Å². The van der Waals surface area contributed by atoms with E-state index >= 15 is 0 Å². The van der Waals surface area contributed by atoms with Crippen LogP contribution in [0.4, 0.5) is 0 Å². The molecule has 2 fully saturated rings. The molecule has 8 unspecified atom stereocenters. The van der Waals surface area contributed by atoms with Gasteiger partial charge in [0.2, 0.25) is 0 Å². The van der Waals surface area contributed by atoms with Gasteiger partial charge in [0.05, 0.1) is 41.5 Å². The van der Waals surface area contributed by atoms with Gasteiger partial charge in [-0.15, -0.1) is 0 Å². The van der Waals surface area contributed by atoms with Crippen LogP contribution in [0, 0.1) is 17.8 Å². The molecule has 0 radical (unpaired) electrons. The fourth-order valence-corrected chi connectivity index (χ4v) is 8.27. The van der Waals surface area contributed by atoms with E-state index in [1.165, 1.54) is 27.2 Å². The SMILES string of the molecule is CC[C@H]1OC(=O)[C@H](C)[C@@H](OC2CC(C)(OC)C(O)C(C)O2)[C@H](C)[C@@H](OC2OC(C)CC(N(C)C)C2O)[C@](C)(OC)C[C@@H](C)C(=O)/C(C)=C/[C@]1(C)O. The molecule has 0 aromatic rings. The predicted octanol–water partition coefficient (Wildman–Crippen LogP) is 3.39. The quantitative estimate of drug-likeness (QED) is 0.312. The summed E-state index contributed by atoms with van der Waals surface area (Å²) >= 11 is 0. The Bertz CT molecular complexity index is 1210. The number of carbonyl (C=O) groups is 2. The summed E-state index contributed by atoms with van der Waals surface area (Å²) in [6.45, 7) is 17.6. The van der Waals surface area contributed by atoms with Crippen molar-refractivity contribution in [1.82, 2.24) is 4.90 Å². The van der Waals surface area contributed by atoms with Crippen molar-refractivity contribution in [2.45, 2.75) is 173 Å². The van der Waals surface area contributed by atoms with Crippen molar-refractivity contribution in [2.24, 2.45) is 17.8 Å². The second kappa shape index (κ2) is 17.3. The largest absolute Gasteiger partial charge is 0.459 e. The monoisotopic (exact) mass is 729 g/mol. The molecule has 2 saturated heterocycles. The second-order valence-corrected chi connectivity index (χ2v) is 16.2. The lowest BCUT2D eigenvalue weighted by molar-refractivity contribution is -0.319. The standard InChI is InChI=1S/C38H67NO12/c1-15-27-36(8,44)17-20(2)29(40)21(3)18-38(10,46-14)33(51-35-30(41)26(39(11)12)16-22(4)47-35)23(5)31(24(6)34(43)49-27)50-28-19-37(9,45-13)32(42)25(7)48-28/h17,21-28,30-33,35,41-42,44H,15-16,18-19H2,1-14H3/b20-17+/t21-,22?,23+,24-,25?,26?,27-,28?,30?,31+,32?,33-,35?,36+,37?,38-/m1/s1. The molecule has 0 aromatic heterocycles. The molecule has 51 heavy (non-hydrogen) atoms. The summed E-state index contributed by atoms with van der Waals surface area (Å²) in [5.74, 6) is -3.03. The number of methoxy groups -OCH3 is 2. The van der Waals surface area contributed by atoms with E-state index in [2.05, 4.69) is 0 Å². The minimum atomic E-state index is -1.64. The van der Waals surface area contributed by atoms with Gasteiger partial charge in [0.1, 0.15) is 23.9 Å². The van der Waals surface area contributed by atoms with E-state index in [9.17, 15) is 24.9 Å². The molecule has 16 atom stereocenters. The molecule has 13 heteroatoms. The molecule has 3 aliphatic rings. The number of esters is 1. The molecule has 0 aliphatic carbocycles. The van der Waals surface area contributed by atoms with Crippen LogP contribution in [0.1, 0.15) is 94.9 Å². The Morgan fingerprint density at radius 3 is 2.10 bits per heavy atom. The Kier molecular flexibility index (Phi) is 14.9. The summed E-state index contributed by atoms with van der Waals surface area (Å²) < 4.78 is 44.0. The number of likely N-dealkylation sites (N-methyl/N-ethyl adjacent to an activating group) is 1. The van der Waals surface area contributed by atoms with Gasteiger partial charge < -0.3 is 53.4 Å². The van der Waals surface area contributed by atoms with Gasteiger partial charge in [-0.3, -0.25) is 9.59 Å². The van der Waals surface area contributed by atoms with Crippen molar-refractivity contribution in [2.75, 3.05) is 28.3 Å². The third-order valence-corrected chi connectivity index (χ3v) is 11.6. The van der Waals surface area contributed by atoms with Gasteiger partial charge in [-0.2, -0.15) is 0 Å². The third-order valence-electron chi connectivity index (χ3n) is 11.6. The van der Waals surface area contributed by atoms with Crippen molar-refractivity contribution < 1.29 is 58.1 Å². The lowest BCUT2D eigenvalue weighted by atomic mass is 9.76. The van der Waals surface area contributed by atoms with Crippen molar-refractivity contribution in [3.63, 3.8) is 0 Å². The molecule has 0 aromatic carbocycles. The number of allylic oxidation sites excluding steroid dienone is 1. The van der Waals surface area contributed by atoms with Crippen LogP contribution in [0.25, 0.3) is 0 Å². The third kappa shape index (κ3) is 9.78. The van der Waals surface area contributed by atoms with E-state index in [1.54, 1.807) is 41.5 Å². The van der Waals surface area contributed by atoms with E-state index < -0.39 is 89.7 Å². The number of hydrogen-bond acceptors (Lipinski definition) is 13. The first kappa shape index (κ1) is 43.9. The summed E-state index contributed by atoms with van der Waals surface area (Å²) in [5.41, 5.74) is -3.50. The van der Waals surface area contributed by atoms with Gasteiger partial charge in [0.25, 0.3) is 0 Å². The maximum atomic E-state index is 14.1. The number of hydrogen-bond donors (Lipinski definition) is 3. The molecule has 296 valence electrons. The highest BCUT2D eigenvalue weighted by molar-refractivity contribution is 5.96. The van der Waals surface area contributed by atoms with Gasteiger partial charge in [-0.1, -0.05) is 20.8 Å². The molecule has 3 rings (SSSR count). The molecule has 3 N–H and O–H groups in total. The van der Waals surface area contributed by atoms with Crippen LogP contribution < -0.4 is 0 Å². The van der Waals surface area contributed by atoms with E-state index in [4.69, 9.17) is 33.2 Å². The maximum Gasteiger partial charge on any atom is 0.311 e. The molecule has 3 heterocycles. The van der Waals surface area contributed by atoms with E-state index in [0.717, 1.165) is 0 Å². The summed E-state index contributed by atoms with van der Waals surface area (Å²) in [7, 11) is 6.84. The average molecular weight is 730 g/mol. The molecule has 0 amide bonds. The first-order valence-electron chi connectivity index (χ1n) is 18.5. The Hall–Kier alpha value is -1.52. The highest BCUT2D eigenvalue weighted by atomic mass is 16.7. The van der Waals surface area contributed by atoms with E-state index in [1.807, 2.05) is 39.8 Å². The number of cyclic esters (lactones) is 1. The molecule has 0 saturated carbocycles. The molecule has 13 nitrogen and oxygen atoms in total. The molecule has 0 spiro atoms. The van der Waals surface area contributed by atoms with Crippen LogP contribution in [0.3, 0.4) is 0 Å². The zero-order valence-corrected chi connectivity index (χ0v) is 33.4. The highest BCUT2D eigenvalue weighted by Crippen LogP contribution is 2.41. The molecular weight excluding hydrogens is 662 g/mol. The van der Waals surface area contributed by atoms with Crippen LogP contribution >= 0.6 is 0 Å². The van der Waals surface area contributed by atoms with Crippen molar-refractivity contribution in [3.8, 4) is 0 Å². The minimum absolute atomic E-state index is 0.154. The fraction of sp³-hybridized carbons (Fsp3) is 0.895. The van der Waals surface area contributed by atoms with Crippen LogP contribution in [0.15, 0.2) is 11.6 Å². The zero-order chi connectivity index (χ0) is 38.8. The van der Waals surface area contributed by atoms with Gasteiger partial charge in [-0.05, 0) is 93.5 Å². The first-order valence-corrected chi connectivity index (χ1v) is 18.5. The average Bonchev–Trinajstić information content (AvgIpc) is 3.06. The normalized spacial score (nSPS) is 47.7. The number of ketones is 1. The van der Waals surface area contributed by atoms with Gasteiger partial charge in [0, 0.05) is 38.5 Å². The van der Waals surface area contributed by atoms with Crippen molar-refractivity contribution in [3.05, 3.63) is 11.6 Å². The molecular formula is C38H67NO12. The Morgan fingerprint density at radius 2 is 1.55 bits per heavy atom. The zero-order valence-electron chi connectivity index (χ0n) is 33.4. The van der Waals surface area contributed by atoms with Gasteiger partial charge in [0.15, 0.2) is 18.4 Å². The predicted molar refractivity (Wildman–Crippen MR) is 190 cm³/mol. The van der Waals surface area contributed by atoms with Crippen LogP contribution in [-0.2, 0) is 42.7 Å². The maximum absolute atomic E-state index is 14.1. The number of rotatable bonds is 8. The smallest absolute Gasteiger partial charge is 0.311 e. The second-order valence-electron chi connectivity index (χ2n) is 16.2. The Morgan fingerprint density at radius 1 is 0.941 bits per heavy atom. The lowest BCUT2D eigenvalue weighted by Crippen LogP contribution is -2.61. The molecule has 3 aliphatic heterocycles. The summed E-state index contributed by atoms with van der Waals surface area (Å²) in [6.07, 6.45) is -4.99. The van der Waals surface area contributed by atoms with E-state index in [-0.39, 0.29) is 37.2 Å². The minimum Gasteiger partial charge on any atom is -0.459 e. The van der Waals surface area contributed by atoms with Crippen LogP contribution in [-0.4, -0.2) is 138 Å². The van der Waals surface area contributed by atoms with Gasteiger partial charge in [-0.25, -0.2) is 0 Å². The van der Waals surface area contributed by atoms with Crippen molar-refractivity contribution >= 4 is 11.8 Å². The number of aliphatic hydroxyl groups is 3.